The number of benzene rings is 1. The van der Waals surface area contributed by atoms with Gasteiger partial charge in [-0.25, -0.2) is 8.42 Å². The number of amides is 1. The molecule has 0 aromatic heterocycles. The van der Waals surface area contributed by atoms with Crippen LogP contribution in [0.15, 0.2) is 18.2 Å². The van der Waals surface area contributed by atoms with Crippen LogP contribution < -0.4 is 5.32 Å². The van der Waals surface area contributed by atoms with E-state index in [2.05, 4.69) is 45.1 Å². The van der Waals surface area contributed by atoms with E-state index in [0.29, 0.717) is 18.3 Å². The van der Waals surface area contributed by atoms with Crippen LogP contribution in [0.1, 0.15) is 57.1 Å². The van der Waals surface area contributed by atoms with Gasteiger partial charge in [-0.3, -0.25) is 9.69 Å². The van der Waals surface area contributed by atoms with Gasteiger partial charge in [-0.15, -0.1) is 0 Å². The first-order chi connectivity index (χ1) is 11.6. The summed E-state index contributed by atoms with van der Waals surface area (Å²) in [7, 11) is -1.12. The van der Waals surface area contributed by atoms with Crippen LogP contribution in [-0.2, 0) is 14.6 Å². The summed E-state index contributed by atoms with van der Waals surface area (Å²) < 4.78 is 23.3. The van der Waals surface area contributed by atoms with Crippen molar-refractivity contribution in [3.05, 3.63) is 29.3 Å². The Morgan fingerprint density at radius 1 is 1.20 bits per heavy atom. The van der Waals surface area contributed by atoms with Gasteiger partial charge in [0.2, 0.25) is 5.91 Å². The second-order valence-corrected chi connectivity index (χ2v) is 9.87. The maximum atomic E-state index is 12.6. The van der Waals surface area contributed by atoms with Gasteiger partial charge in [-0.2, -0.15) is 0 Å². The molecule has 1 heterocycles. The second kappa shape index (κ2) is 7.87. The number of hydrogen-bond acceptors (Lipinski definition) is 4. The van der Waals surface area contributed by atoms with Gasteiger partial charge >= 0.3 is 0 Å². The smallest absolute Gasteiger partial charge is 0.238 e. The highest BCUT2D eigenvalue weighted by Gasteiger charge is 2.31. The van der Waals surface area contributed by atoms with Gasteiger partial charge in [-0.1, -0.05) is 45.9 Å². The van der Waals surface area contributed by atoms with E-state index in [-0.39, 0.29) is 30.0 Å². The van der Waals surface area contributed by atoms with Gasteiger partial charge in [0.25, 0.3) is 0 Å². The third kappa shape index (κ3) is 5.05. The van der Waals surface area contributed by atoms with Crippen molar-refractivity contribution in [2.24, 2.45) is 0 Å². The largest absolute Gasteiger partial charge is 0.324 e. The number of likely N-dealkylation sites (N-methyl/N-ethyl adjacent to an activating group) is 1. The first kappa shape index (κ1) is 19.9. The van der Waals surface area contributed by atoms with Crippen LogP contribution >= 0.6 is 0 Å². The molecule has 1 N–H and O–H groups in total. The highest BCUT2D eigenvalue weighted by molar-refractivity contribution is 7.91. The summed E-state index contributed by atoms with van der Waals surface area (Å²) in [4.78, 5) is 14.4. The third-order valence-corrected chi connectivity index (χ3v) is 6.61. The standard InChI is InChI=1S/C19H30N2O3S/c1-13(2)16-7-6-8-17(14(3)4)19(16)20-18(22)11-21(5)15-9-10-25(23,24)12-15/h6-8,13-15H,9-12H2,1-5H3,(H,20,22). The lowest BCUT2D eigenvalue weighted by atomic mass is 9.92. The summed E-state index contributed by atoms with van der Waals surface area (Å²) >= 11 is 0. The molecular formula is C19H30N2O3S. The van der Waals surface area contributed by atoms with Crippen molar-refractivity contribution in [3.63, 3.8) is 0 Å². The molecule has 1 atom stereocenters. The van der Waals surface area contributed by atoms with E-state index in [4.69, 9.17) is 0 Å². The van der Waals surface area contributed by atoms with Crippen LogP contribution in [0.2, 0.25) is 0 Å². The molecule has 0 bridgehead atoms. The van der Waals surface area contributed by atoms with Crippen molar-refractivity contribution in [1.29, 1.82) is 0 Å². The predicted octanol–water partition coefficient (Wildman–Crippen LogP) is 2.99. The van der Waals surface area contributed by atoms with Crippen molar-refractivity contribution in [1.82, 2.24) is 4.90 Å². The Hall–Kier alpha value is -1.40. The number of anilines is 1. The number of sulfone groups is 1. The first-order valence-corrected chi connectivity index (χ1v) is 10.8. The highest BCUT2D eigenvalue weighted by atomic mass is 32.2. The first-order valence-electron chi connectivity index (χ1n) is 8.94. The molecular weight excluding hydrogens is 336 g/mol. The van der Waals surface area contributed by atoms with Crippen LogP contribution in [0.25, 0.3) is 0 Å². The number of para-hydroxylation sites is 1. The van der Waals surface area contributed by atoms with Crippen LogP contribution in [0, 0.1) is 0 Å². The van der Waals surface area contributed by atoms with Gasteiger partial charge in [-0.05, 0) is 36.4 Å². The Labute approximate surface area is 151 Å². The summed E-state index contributed by atoms with van der Waals surface area (Å²) in [5, 5.41) is 3.09. The molecule has 25 heavy (non-hydrogen) atoms. The molecule has 2 rings (SSSR count). The Morgan fingerprint density at radius 2 is 1.76 bits per heavy atom. The Kier molecular flexibility index (Phi) is 6.27. The lowest BCUT2D eigenvalue weighted by Crippen LogP contribution is -2.38. The topological polar surface area (TPSA) is 66.5 Å². The maximum Gasteiger partial charge on any atom is 0.238 e. The molecule has 140 valence electrons. The van der Waals surface area contributed by atoms with Crippen molar-refractivity contribution >= 4 is 21.4 Å². The normalized spacial score (nSPS) is 19.8. The van der Waals surface area contributed by atoms with E-state index in [1.807, 2.05) is 18.0 Å². The summed E-state index contributed by atoms with van der Waals surface area (Å²) in [5.74, 6) is 0.897. The fraction of sp³-hybridized carbons (Fsp3) is 0.632. The van der Waals surface area contributed by atoms with Crippen molar-refractivity contribution in [3.8, 4) is 0 Å². The average molecular weight is 367 g/mol. The molecule has 1 fully saturated rings. The lowest BCUT2D eigenvalue weighted by molar-refractivity contribution is -0.117. The van der Waals surface area contributed by atoms with E-state index in [0.717, 1.165) is 16.8 Å². The summed E-state index contributed by atoms with van der Waals surface area (Å²) in [6.07, 6.45) is 0.603. The molecule has 1 aliphatic rings. The molecule has 1 aromatic carbocycles. The fourth-order valence-corrected chi connectivity index (χ4v) is 5.16. The van der Waals surface area contributed by atoms with Gasteiger partial charge in [0.1, 0.15) is 0 Å². The minimum absolute atomic E-state index is 0.0688. The van der Waals surface area contributed by atoms with Crippen molar-refractivity contribution in [2.75, 3.05) is 30.4 Å². The maximum absolute atomic E-state index is 12.6. The Bertz CT molecular complexity index is 700. The monoisotopic (exact) mass is 366 g/mol. The molecule has 0 saturated carbocycles. The van der Waals surface area contributed by atoms with Crippen LogP contribution in [-0.4, -0.2) is 50.4 Å². The fourth-order valence-electron chi connectivity index (χ4n) is 3.35. The quantitative estimate of drug-likeness (QED) is 0.840. The van der Waals surface area contributed by atoms with E-state index >= 15 is 0 Å². The van der Waals surface area contributed by atoms with Gasteiger partial charge in [0.05, 0.1) is 18.1 Å². The summed E-state index contributed by atoms with van der Waals surface area (Å²) in [6, 6.07) is 6.08. The van der Waals surface area contributed by atoms with Gasteiger partial charge in [0.15, 0.2) is 9.84 Å². The molecule has 1 aliphatic heterocycles. The van der Waals surface area contributed by atoms with E-state index in [9.17, 15) is 13.2 Å². The molecule has 0 radical (unpaired) electrons. The minimum atomic E-state index is -2.94. The Morgan fingerprint density at radius 3 is 2.20 bits per heavy atom. The number of rotatable bonds is 6. The number of carbonyl (C=O) groups is 1. The molecule has 0 spiro atoms. The molecule has 5 nitrogen and oxygen atoms in total. The lowest BCUT2D eigenvalue weighted by Gasteiger charge is -2.24. The SMILES string of the molecule is CC(C)c1cccc(C(C)C)c1NC(=O)CN(C)C1CCS(=O)(=O)C1. The predicted molar refractivity (Wildman–Crippen MR) is 103 cm³/mol. The van der Waals surface area contributed by atoms with Crippen LogP contribution in [0.5, 0.6) is 0 Å². The third-order valence-electron chi connectivity index (χ3n) is 4.86. The molecule has 1 amide bonds. The number of carbonyl (C=O) groups excluding carboxylic acids is 1. The van der Waals surface area contributed by atoms with E-state index in [1.165, 1.54) is 0 Å². The molecule has 0 aliphatic carbocycles. The second-order valence-electron chi connectivity index (χ2n) is 7.64. The van der Waals surface area contributed by atoms with Crippen molar-refractivity contribution in [2.45, 2.75) is 52.0 Å². The number of nitrogens with zero attached hydrogens (tertiary/aromatic N) is 1. The summed E-state index contributed by atoms with van der Waals surface area (Å²) in [5.41, 5.74) is 3.17. The zero-order valence-electron chi connectivity index (χ0n) is 15.9. The van der Waals surface area contributed by atoms with Crippen LogP contribution in [0.3, 0.4) is 0 Å². The highest BCUT2D eigenvalue weighted by Crippen LogP contribution is 2.32. The molecule has 6 heteroatoms. The Balaban J connectivity index is 2.12. The number of hydrogen-bond donors (Lipinski definition) is 1. The van der Waals surface area contributed by atoms with Crippen LogP contribution in [0.4, 0.5) is 5.69 Å². The zero-order valence-corrected chi connectivity index (χ0v) is 16.7. The molecule has 1 unspecified atom stereocenters. The van der Waals surface area contributed by atoms with Gasteiger partial charge < -0.3 is 5.32 Å². The van der Waals surface area contributed by atoms with E-state index in [1.54, 1.807) is 0 Å². The molecule has 1 aromatic rings. The zero-order chi connectivity index (χ0) is 18.8. The number of nitrogens with one attached hydrogen (secondary N) is 1. The van der Waals surface area contributed by atoms with Crippen molar-refractivity contribution < 1.29 is 13.2 Å². The molecule has 1 saturated heterocycles. The summed E-state index contributed by atoms with van der Waals surface area (Å²) in [6.45, 7) is 8.66. The average Bonchev–Trinajstić information content (AvgIpc) is 2.87. The van der Waals surface area contributed by atoms with Gasteiger partial charge in [0, 0.05) is 11.7 Å². The van der Waals surface area contributed by atoms with E-state index < -0.39 is 9.84 Å². The minimum Gasteiger partial charge on any atom is -0.324 e.